The summed E-state index contributed by atoms with van der Waals surface area (Å²) in [5.41, 5.74) is 5.23. The van der Waals surface area contributed by atoms with Gasteiger partial charge in [-0.25, -0.2) is 0 Å². The second kappa shape index (κ2) is 6.21. The Hall–Kier alpha value is -1.31. The number of nitrogens with one attached hydrogen (secondary N) is 1. The molecule has 1 fully saturated rings. The highest BCUT2D eigenvalue weighted by Gasteiger charge is 2.21. The lowest BCUT2D eigenvalue weighted by Crippen LogP contribution is -2.18. The molecule has 1 aliphatic rings. The summed E-state index contributed by atoms with van der Waals surface area (Å²) >= 11 is 6.15. The van der Waals surface area contributed by atoms with Crippen molar-refractivity contribution in [3.05, 3.63) is 69.7 Å². The van der Waals surface area contributed by atoms with Crippen molar-refractivity contribution in [2.75, 3.05) is 7.05 Å². The molecular weight excluding hydrogens is 278 g/mol. The first-order valence-electron chi connectivity index (χ1n) is 7.72. The third-order valence-corrected chi connectivity index (χ3v) is 5.05. The van der Waals surface area contributed by atoms with Crippen LogP contribution in [0.3, 0.4) is 0 Å². The maximum atomic E-state index is 6.15. The molecular formula is C19H22ClN. The largest absolute Gasteiger partial charge is 0.309 e. The van der Waals surface area contributed by atoms with E-state index in [9.17, 15) is 0 Å². The minimum absolute atomic E-state index is 0.223. The summed E-state index contributed by atoms with van der Waals surface area (Å²) in [5, 5.41) is 4.27. The van der Waals surface area contributed by atoms with Gasteiger partial charge in [-0.15, -0.1) is 0 Å². The lowest BCUT2D eigenvalue weighted by Gasteiger charge is -2.27. The van der Waals surface area contributed by atoms with E-state index in [1.165, 1.54) is 36.0 Å². The van der Waals surface area contributed by atoms with E-state index >= 15 is 0 Å². The van der Waals surface area contributed by atoms with E-state index in [-0.39, 0.29) is 6.04 Å². The van der Waals surface area contributed by atoms with E-state index in [4.69, 9.17) is 11.6 Å². The number of benzene rings is 2. The van der Waals surface area contributed by atoms with Crippen LogP contribution in [0.4, 0.5) is 0 Å². The molecule has 0 heterocycles. The Balaban J connectivity index is 1.93. The predicted octanol–water partition coefficient (Wildman–Crippen LogP) is 5.22. The number of rotatable bonds is 4. The van der Waals surface area contributed by atoms with Crippen molar-refractivity contribution in [3.63, 3.8) is 0 Å². The maximum absolute atomic E-state index is 6.15. The molecule has 1 atom stereocenters. The van der Waals surface area contributed by atoms with Gasteiger partial charge in [0.1, 0.15) is 0 Å². The molecule has 0 aliphatic heterocycles. The van der Waals surface area contributed by atoms with Crippen LogP contribution >= 0.6 is 11.6 Å². The van der Waals surface area contributed by atoms with Crippen LogP contribution < -0.4 is 5.32 Å². The van der Waals surface area contributed by atoms with Crippen molar-refractivity contribution < 1.29 is 0 Å². The highest BCUT2D eigenvalue weighted by molar-refractivity contribution is 6.31. The molecule has 1 saturated carbocycles. The van der Waals surface area contributed by atoms with E-state index in [0.717, 1.165) is 16.5 Å². The van der Waals surface area contributed by atoms with Gasteiger partial charge in [-0.05, 0) is 61.1 Å². The van der Waals surface area contributed by atoms with Gasteiger partial charge in [0.05, 0.1) is 6.04 Å². The Labute approximate surface area is 132 Å². The smallest absolute Gasteiger partial charge is 0.0574 e. The zero-order chi connectivity index (χ0) is 14.8. The van der Waals surface area contributed by atoms with Crippen molar-refractivity contribution in [1.82, 2.24) is 5.32 Å². The first-order valence-corrected chi connectivity index (χ1v) is 8.10. The van der Waals surface area contributed by atoms with Crippen LogP contribution in [0.25, 0.3) is 0 Å². The monoisotopic (exact) mass is 299 g/mol. The topological polar surface area (TPSA) is 12.0 Å². The van der Waals surface area contributed by atoms with Crippen molar-refractivity contribution in [3.8, 4) is 0 Å². The predicted molar refractivity (Wildman–Crippen MR) is 90.1 cm³/mol. The standard InChI is InChI=1S/C19H22ClN/c1-13-11-17(9-10-18(13)20)19(21-2)16-8-4-7-15(12-16)14-5-3-6-14/h4,7-12,14,19,21H,3,5-6H2,1-2H3. The van der Waals surface area contributed by atoms with E-state index in [1.54, 1.807) is 0 Å². The number of hydrogen-bond acceptors (Lipinski definition) is 1. The van der Waals surface area contributed by atoms with Gasteiger partial charge < -0.3 is 5.32 Å². The van der Waals surface area contributed by atoms with Gasteiger partial charge in [-0.3, -0.25) is 0 Å². The normalized spacial score (nSPS) is 16.5. The Morgan fingerprint density at radius 2 is 1.86 bits per heavy atom. The average Bonchev–Trinajstić information content (AvgIpc) is 2.42. The molecule has 1 N–H and O–H groups in total. The third kappa shape index (κ3) is 3.00. The number of halogens is 1. The summed E-state index contributed by atoms with van der Waals surface area (Å²) < 4.78 is 0. The molecule has 0 radical (unpaired) electrons. The molecule has 21 heavy (non-hydrogen) atoms. The molecule has 110 valence electrons. The third-order valence-electron chi connectivity index (χ3n) is 4.62. The lowest BCUT2D eigenvalue weighted by atomic mass is 9.79. The van der Waals surface area contributed by atoms with Gasteiger partial charge in [0.15, 0.2) is 0 Å². The molecule has 0 saturated heterocycles. The van der Waals surface area contributed by atoms with Crippen LogP contribution in [0.2, 0.25) is 5.02 Å². The molecule has 3 rings (SSSR count). The van der Waals surface area contributed by atoms with Crippen LogP contribution in [-0.2, 0) is 0 Å². The van der Waals surface area contributed by atoms with E-state index in [1.807, 2.05) is 13.1 Å². The second-order valence-electron chi connectivity index (χ2n) is 6.03. The molecule has 0 amide bonds. The van der Waals surface area contributed by atoms with Gasteiger partial charge in [0.25, 0.3) is 0 Å². The fraction of sp³-hybridized carbons (Fsp3) is 0.368. The molecule has 2 aromatic carbocycles. The zero-order valence-corrected chi connectivity index (χ0v) is 13.5. The van der Waals surface area contributed by atoms with E-state index < -0.39 is 0 Å². The molecule has 2 heteroatoms. The Kier molecular flexibility index (Phi) is 4.32. The summed E-state index contributed by atoms with van der Waals surface area (Å²) in [6.07, 6.45) is 4.06. The summed E-state index contributed by atoms with van der Waals surface area (Å²) in [5.74, 6) is 0.773. The highest BCUT2D eigenvalue weighted by atomic mass is 35.5. The first-order chi connectivity index (χ1) is 10.2. The molecule has 1 nitrogen and oxygen atoms in total. The Bertz CT molecular complexity index is 631. The van der Waals surface area contributed by atoms with Crippen molar-refractivity contribution in [1.29, 1.82) is 0 Å². The molecule has 0 aromatic heterocycles. The molecule has 1 unspecified atom stereocenters. The maximum Gasteiger partial charge on any atom is 0.0574 e. The van der Waals surface area contributed by atoms with Crippen LogP contribution in [0.5, 0.6) is 0 Å². The van der Waals surface area contributed by atoms with Gasteiger partial charge in [0, 0.05) is 5.02 Å². The summed E-state index contributed by atoms with van der Waals surface area (Å²) in [6.45, 7) is 2.06. The highest BCUT2D eigenvalue weighted by Crippen LogP contribution is 2.37. The zero-order valence-electron chi connectivity index (χ0n) is 12.7. The fourth-order valence-electron chi connectivity index (χ4n) is 3.11. The quantitative estimate of drug-likeness (QED) is 0.815. The van der Waals surface area contributed by atoms with Crippen LogP contribution in [0, 0.1) is 6.92 Å². The molecule has 0 spiro atoms. The van der Waals surface area contributed by atoms with Crippen LogP contribution in [0.1, 0.15) is 53.5 Å². The van der Waals surface area contributed by atoms with Gasteiger partial charge in [0.2, 0.25) is 0 Å². The van der Waals surface area contributed by atoms with Crippen LogP contribution in [0.15, 0.2) is 42.5 Å². The lowest BCUT2D eigenvalue weighted by molar-refractivity contribution is 0.419. The molecule has 1 aliphatic carbocycles. The first kappa shape index (κ1) is 14.6. The fourth-order valence-corrected chi connectivity index (χ4v) is 3.22. The van der Waals surface area contributed by atoms with Gasteiger partial charge in [-0.1, -0.05) is 54.4 Å². The Morgan fingerprint density at radius 3 is 2.48 bits per heavy atom. The van der Waals surface area contributed by atoms with Crippen LogP contribution in [-0.4, -0.2) is 7.05 Å². The van der Waals surface area contributed by atoms with Gasteiger partial charge >= 0.3 is 0 Å². The average molecular weight is 300 g/mol. The molecule has 0 bridgehead atoms. The number of aryl methyl sites for hydroxylation is 1. The van der Waals surface area contributed by atoms with E-state index in [2.05, 4.69) is 48.6 Å². The minimum Gasteiger partial charge on any atom is -0.309 e. The van der Waals surface area contributed by atoms with E-state index in [0.29, 0.717) is 0 Å². The van der Waals surface area contributed by atoms with Crippen molar-refractivity contribution in [2.24, 2.45) is 0 Å². The minimum atomic E-state index is 0.223. The second-order valence-corrected chi connectivity index (χ2v) is 6.44. The van der Waals surface area contributed by atoms with Crippen molar-refractivity contribution in [2.45, 2.75) is 38.1 Å². The summed E-state index contributed by atoms with van der Waals surface area (Å²) in [6, 6.07) is 15.6. The SMILES string of the molecule is CNC(c1cccc(C2CCC2)c1)c1ccc(Cl)c(C)c1. The molecule has 2 aromatic rings. The summed E-state index contributed by atoms with van der Waals surface area (Å²) in [4.78, 5) is 0. The Morgan fingerprint density at radius 1 is 1.10 bits per heavy atom. The summed E-state index contributed by atoms with van der Waals surface area (Å²) in [7, 11) is 2.02. The number of hydrogen-bond donors (Lipinski definition) is 1. The van der Waals surface area contributed by atoms with Gasteiger partial charge in [-0.2, -0.15) is 0 Å². The van der Waals surface area contributed by atoms with Crippen molar-refractivity contribution >= 4 is 11.6 Å².